The summed E-state index contributed by atoms with van der Waals surface area (Å²) in [7, 11) is 0. The Bertz CT molecular complexity index is 284. The van der Waals surface area contributed by atoms with Gasteiger partial charge in [-0.15, -0.1) is 0 Å². The van der Waals surface area contributed by atoms with E-state index >= 15 is 0 Å². The van der Waals surface area contributed by atoms with Crippen molar-refractivity contribution in [2.24, 2.45) is 0 Å². The van der Waals surface area contributed by atoms with Crippen LogP contribution in [0.3, 0.4) is 0 Å². The Labute approximate surface area is 93.1 Å². The lowest BCUT2D eigenvalue weighted by atomic mass is 10.1. The SMILES string of the molecule is CCCCCC(C)Nc1ccnc(C)c1. The average Bonchev–Trinajstić information content (AvgIpc) is 2.18. The Morgan fingerprint density at radius 1 is 1.40 bits per heavy atom. The van der Waals surface area contributed by atoms with Gasteiger partial charge in [-0.05, 0) is 32.4 Å². The number of nitrogens with one attached hydrogen (secondary N) is 1. The van der Waals surface area contributed by atoms with Gasteiger partial charge in [0.15, 0.2) is 0 Å². The van der Waals surface area contributed by atoms with Crippen LogP contribution in [0, 0.1) is 6.92 Å². The fraction of sp³-hybridized carbons (Fsp3) is 0.615. The van der Waals surface area contributed by atoms with Gasteiger partial charge in [0.05, 0.1) is 0 Å². The molecule has 2 heteroatoms. The molecule has 1 aromatic heterocycles. The molecular weight excluding hydrogens is 184 g/mol. The Balaban J connectivity index is 2.34. The van der Waals surface area contributed by atoms with Gasteiger partial charge in [0.2, 0.25) is 0 Å². The minimum Gasteiger partial charge on any atom is -0.382 e. The lowest BCUT2D eigenvalue weighted by molar-refractivity contribution is 0.615. The second-order valence-electron chi connectivity index (χ2n) is 4.23. The lowest BCUT2D eigenvalue weighted by Gasteiger charge is -2.15. The molecule has 0 saturated carbocycles. The molecule has 15 heavy (non-hydrogen) atoms. The van der Waals surface area contributed by atoms with Crippen molar-refractivity contribution in [3.05, 3.63) is 24.0 Å². The predicted octanol–water partition coefficient (Wildman–Crippen LogP) is 3.77. The van der Waals surface area contributed by atoms with Crippen LogP contribution in [-0.4, -0.2) is 11.0 Å². The van der Waals surface area contributed by atoms with Crippen molar-refractivity contribution in [2.45, 2.75) is 52.5 Å². The molecule has 1 heterocycles. The maximum Gasteiger partial charge on any atom is 0.0393 e. The van der Waals surface area contributed by atoms with E-state index in [0.29, 0.717) is 6.04 Å². The molecule has 1 rings (SSSR count). The molecule has 1 aromatic rings. The van der Waals surface area contributed by atoms with Gasteiger partial charge < -0.3 is 5.32 Å². The summed E-state index contributed by atoms with van der Waals surface area (Å²) in [4.78, 5) is 4.18. The van der Waals surface area contributed by atoms with E-state index in [1.54, 1.807) is 0 Å². The van der Waals surface area contributed by atoms with Crippen molar-refractivity contribution < 1.29 is 0 Å². The molecule has 0 amide bonds. The third kappa shape index (κ3) is 4.82. The second-order valence-corrected chi connectivity index (χ2v) is 4.23. The summed E-state index contributed by atoms with van der Waals surface area (Å²) in [6.07, 6.45) is 7.04. The molecule has 0 saturated heterocycles. The van der Waals surface area contributed by atoms with Crippen molar-refractivity contribution in [1.29, 1.82) is 0 Å². The molecule has 0 aliphatic carbocycles. The Morgan fingerprint density at radius 3 is 2.87 bits per heavy atom. The number of pyridine rings is 1. The highest BCUT2D eigenvalue weighted by Crippen LogP contribution is 2.12. The fourth-order valence-corrected chi connectivity index (χ4v) is 1.69. The van der Waals surface area contributed by atoms with Crippen molar-refractivity contribution in [3.63, 3.8) is 0 Å². The minimum absolute atomic E-state index is 0.554. The smallest absolute Gasteiger partial charge is 0.0393 e. The Hall–Kier alpha value is -1.05. The molecule has 1 N–H and O–H groups in total. The Morgan fingerprint density at radius 2 is 2.20 bits per heavy atom. The van der Waals surface area contributed by atoms with E-state index in [0.717, 1.165) is 5.69 Å². The summed E-state index contributed by atoms with van der Waals surface area (Å²) in [6.45, 7) is 6.50. The number of anilines is 1. The molecule has 2 nitrogen and oxygen atoms in total. The van der Waals surface area contributed by atoms with Crippen LogP contribution in [-0.2, 0) is 0 Å². The standard InChI is InChI=1S/C13H22N2/c1-4-5-6-7-11(2)15-13-8-9-14-12(3)10-13/h8-11H,4-7H2,1-3H3,(H,14,15). The van der Waals surface area contributed by atoms with Crippen LogP contribution < -0.4 is 5.32 Å². The molecular formula is C13H22N2. The first-order chi connectivity index (χ1) is 7.22. The maximum atomic E-state index is 4.18. The van der Waals surface area contributed by atoms with E-state index in [1.807, 2.05) is 19.2 Å². The van der Waals surface area contributed by atoms with Gasteiger partial charge in [0, 0.05) is 23.6 Å². The monoisotopic (exact) mass is 206 g/mol. The Kier molecular flexibility index (Phi) is 5.16. The van der Waals surface area contributed by atoms with Crippen LogP contribution in [0.5, 0.6) is 0 Å². The molecule has 0 aliphatic rings. The topological polar surface area (TPSA) is 24.9 Å². The van der Waals surface area contributed by atoms with Crippen molar-refractivity contribution in [1.82, 2.24) is 4.98 Å². The van der Waals surface area contributed by atoms with E-state index in [2.05, 4.69) is 30.2 Å². The fourth-order valence-electron chi connectivity index (χ4n) is 1.69. The largest absolute Gasteiger partial charge is 0.382 e. The highest BCUT2D eigenvalue weighted by molar-refractivity contribution is 5.43. The van der Waals surface area contributed by atoms with Gasteiger partial charge in [0.1, 0.15) is 0 Å². The van der Waals surface area contributed by atoms with Crippen LogP contribution in [0.1, 0.15) is 45.2 Å². The van der Waals surface area contributed by atoms with Gasteiger partial charge in [-0.25, -0.2) is 0 Å². The van der Waals surface area contributed by atoms with Gasteiger partial charge in [0.25, 0.3) is 0 Å². The van der Waals surface area contributed by atoms with Crippen LogP contribution in [0.25, 0.3) is 0 Å². The highest BCUT2D eigenvalue weighted by atomic mass is 14.9. The molecule has 0 fully saturated rings. The number of hydrogen-bond acceptors (Lipinski definition) is 2. The quantitative estimate of drug-likeness (QED) is 0.717. The summed E-state index contributed by atoms with van der Waals surface area (Å²) < 4.78 is 0. The molecule has 0 aromatic carbocycles. The van der Waals surface area contributed by atoms with Crippen LogP contribution in [0.2, 0.25) is 0 Å². The van der Waals surface area contributed by atoms with E-state index in [1.165, 1.54) is 31.4 Å². The molecule has 84 valence electrons. The van der Waals surface area contributed by atoms with Gasteiger partial charge in [-0.1, -0.05) is 26.2 Å². The normalized spacial score (nSPS) is 12.5. The van der Waals surface area contributed by atoms with Gasteiger partial charge >= 0.3 is 0 Å². The zero-order valence-electron chi connectivity index (χ0n) is 10.1. The van der Waals surface area contributed by atoms with Crippen molar-refractivity contribution in [2.75, 3.05) is 5.32 Å². The molecule has 0 bridgehead atoms. The van der Waals surface area contributed by atoms with Gasteiger partial charge in [-0.2, -0.15) is 0 Å². The number of rotatable bonds is 6. The first-order valence-electron chi connectivity index (χ1n) is 5.91. The second kappa shape index (κ2) is 6.44. The minimum atomic E-state index is 0.554. The molecule has 0 spiro atoms. The number of nitrogens with zero attached hydrogens (tertiary/aromatic N) is 1. The summed E-state index contributed by atoms with van der Waals surface area (Å²) >= 11 is 0. The third-order valence-corrected chi connectivity index (χ3v) is 2.55. The van der Waals surface area contributed by atoms with E-state index < -0.39 is 0 Å². The van der Waals surface area contributed by atoms with E-state index in [-0.39, 0.29) is 0 Å². The van der Waals surface area contributed by atoms with Crippen molar-refractivity contribution in [3.8, 4) is 0 Å². The third-order valence-electron chi connectivity index (χ3n) is 2.55. The van der Waals surface area contributed by atoms with E-state index in [4.69, 9.17) is 0 Å². The van der Waals surface area contributed by atoms with Crippen LogP contribution >= 0.6 is 0 Å². The van der Waals surface area contributed by atoms with Crippen molar-refractivity contribution >= 4 is 5.69 Å². The zero-order chi connectivity index (χ0) is 11.1. The number of hydrogen-bond donors (Lipinski definition) is 1. The summed E-state index contributed by atoms with van der Waals surface area (Å²) in [5.74, 6) is 0. The first kappa shape index (κ1) is 12.0. The summed E-state index contributed by atoms with van der Waals surface area (Å²) in [5.41, 5.74) is 2.26. The molecule has 1 unspecified atom stereocenters. The number of aryl methyl sites for hydroxylation is 1. The van der Waals surface area contributed by atoms with Crippen LogP contribution in [0.4, 0.5) is 5.69 Å². The zero-order valence-corrected chi connectivity index (χ0v) is 10.1. The average molecular weight is 206 g/mol. The summed E-state index contributed by atoms with van der Waals surface area (Å²) in [6, 6.07) is 4.68. The first-order valence-corrected chi connectivity index (χ1v) is 5.91. The van der Waals surface area contributed by atoms with Crippen LogP contribution in [0.15, 0.2) is 18.3 Å². The van der Waals surface area contributed by atoms with Gasteiger partial charge in [-0.3, -0.25) is 4.98 Å². The number of unbranched alkanes of at least 4 members (excludes halogenated alkanes) is 2. The lowest BCUT2D eigenvalue weighted by Crippen LogP contribution is -2.14. The maximum absolute atomic E-state index is 4.18. The predicted molar refractivity (Wildman–Crippen MR) is 66.2 cm³/mol. The number of aromatic nitrogens is 1. The molecule has 0 aliphatic heterocycles. The molecule has 0 radical (unpaired) electrons. The van der Waals surface area contributed by atoms with E-state index in [9.17, 15) is 0 Å². The summed E-state index contributed by atoms with van der Waals surface area (Å²) in [5, 5.41) is 3.50. The highest BCUT2D eigenvalue weighted by Gasteiger charge is 2.01. The molecule has 1 atom stereocenters.